The molecule has 0 amide bonds. The van der Waals surface area contributed by atoms with Gasteiger partial charge in [0.2, 0.25) is 0 Å². The Labute approximate surface area is 124 Å². The van der Waals surface area contributed by atoms with Crippen LogP contribution in [0, 0.1) is 5.92 Å². The fourth-order valence-corrected chi connectivity index (χ4v) is 3.74. The Kier molecular flexibility index (Phi) is 5.22. The summed E-state index contributed by atoms with van der Waals surface area (Å²) in [4.78, 5) is 2.70. The molecule has 1 aromatic rings. The molecule has 1 heterocycles. The van der Waals surface area contributed by atoms with Crippen LogP contribution in [0.25, 0.3) is 0 Å². The Balaban J connectivity index is 2.24. The molecule has 1 fully saturated rings. The van der Waals surface area contributed by atoms with Crippen LogP contribution in [-0.2, 0) is 6.42 Å². The molecule has 0 aromatic heterocycles. The molecule has 2 N–H and O–H groups in total. The van der Waals surface area contributed by atoms with E-state index < -0.39 is 0 Å². The molecule has 20 heavy (non-hydrogen) atoms. The van der Waals surface area contributed by atoms with Crippen LogP contribution < -0.4 is 5.73 Å². The van der Waals surface area contributed by atoms with Crippen molar-refractivity contribution in [3.05, 3.63) is 35.9 Å². The second-order valence-corrected chi connectivity index (χ2v) is 6.50. The van der Waals surface area contributed by atoms with Crippen molar-refractivity contribution >= 4 is 0 Å². The Morgan fingerprint density at radius 3 is 2.55 bits per heavy atom. The minimum absolute atomic E-state index is 0.120. The summed E-state index contributed by atoms with van der Waals surface area (Å²) in [5.41, 5.74) is 7.79. The van der Waals surface area contributed by atoms with Crippen molar-refractivity contribution in [2.24, 2.45) is 11.7 Å². The van der Waals surface area contributed by atoms with Gasteiger partial charge in [-0.15, -0.1) is 0 Å². The maximum Gasteiger partial charge on any atom is 0.0372 e. The predicted octanol–water partition coefficient (Wildman–Crippen LogP) is 3.46. The summed E-state index contributed by atoms with van der Waals surface area (Å²) >= 11 is 0. The van der Waals surface area contributed by atoms with Gasteiger partial charge in [-0.3, -0.25) is 4.90 Å². The Morgan fingerprint density at radius 1 is 1.25 bits per heavy atom. The smallest absolute Gasteiger partial charge is 0.0372 e. The van der Waals surface area contributed by atoms with Crippen molar-refractivity contribution < 1.29 is 0 Å². The van der Waals surface area contributed by atoms with Gasteiger partial charge in [0, 0.05) is 18.1 Å². The first-order valence-electron chi connectivity index (χ1n) is 8.13. The van der Waals surface area contributed by atoms with Gasteiger partial charge < -0.3 is 5.73 Å². The first kappa shape index (κ1) is 15.5. The van der Waals surface area contributed by atoms with Gasteiger partial charge in [0.15, 0.2) is 0 Å². The first-order valence-corrected chi connectivity index (χ1v) is 8.13. The van der Waals surface area contributed by atoms with Gasteiger partial charge in [0.25, 0.3) is 0 Å². The lowest BCUT2D eigenvalue weighted by atomic mass is 9.80. The van der Waals surface area contributed by atoms with Gasteiger partial charge >= 0.3 is 0 Å². The van der Waals surface area contributed by atoms with E-state index in [1.807, 2.05) is 0 Å². The molecule has 0 radical (unpaired) electrons. The van der Waals surface area contributed by atoms with E-state index in [-0.39, 0.29) is 5.54 Å². The van der Waals surface area contributed by atoms with Crippen molar-refractivity contribution in [3.8, 4) is 0 Å². The molecule has 3 unspecified atom stereocenters. The van der Waals surface area contributed by atoms with Gasteiger partial charge in [0.05, 0.1) is 0 Å². The van der Waals surface area contributed by atoms with Gasteiger partial charge in [0.1, 0.15) is 0 Å². The molecule has 112 valence electrons. The molecule has 0 bridgehead atoms. The average molecular weight is 274 g/mol. The molecule has 0 aliphatic carbocycles. The first-order chi connectivity index (χ1) is 9.63. The lowest BCUT2D eigenvalue weighted by Gasteiger charge is -2.50. The van der Waals surface area contributed by atoms with Crippen LogP contribution in [-0.4, -0.2) is 29.6 Å². The van der Waals surface area contributed by atoms with Crippen LogP contribution in [0.2, 0.25) is 0 Å². The number of hydrogen-bond donors (Lipinski definition) is 1. The van der Waals surface area contributed by atoms with Gasteiger partial charge in [-0.25, -0.2) is 0 Å². The lowest BCUT2D eigenvalue weighted by molar-refractivity contribution is 0.00154. The van der Waals surface area contributed by atoms with Gasteiger partial charge in [-0.05, 0) is 50.6 Å². The Bertz CT molecular complexity index is 397. The zero-order chi connectivity index (χ0) is 14.6. The molecule has 1 aromatic carbocycles. The summed E-state index contributed by atoms with van der Waals surface area (Å²) < 4.78 is 0. The standard InChI is InChI=1S/C18H30N2/c1-4-18(14-19,13-17-10-6-5-7-11-17)20-12-8-9-15(2)16(20)3/h5-7,10-11,15-16H,4,8-9,12-14,19H2,1-3H3. The number of rotatable bonds is 5. The number of nitrogens with two attached hydrogens (primary N) is 1. The number of benzene rings is 1. The fourth-order valence-electron chi connectivity index (χ4n) is 3.74. The van der Waals surface area contributed by atoms with Crippen molar-refractivity contribution in [1.82, 2.24) is 4.90 Å². The summed E-state index contributed by atoms with van der Waals surface area (Å²) in [6, 6.07) is 11.5. The normalized spacial score (nSPS) is 27.2. The zero-order valence-electron chi connectivity index (χ0n) is 13.3. The highest BCUT2D eigenvalue weighted by molar-refractivity contribution is 5.19. The summed E-state index contributed by atoms with van der Waals surface area (Å²) in [6.45, 7) is 9.01. The van der Waals surface area contributed by atoms with Crippen LogP contribution in [0.3, 0.4) is 0 Å². The molecule has 2 nitrogen and oxygen atoms in total. The van der Waals surface area contributed by atoms with E-state index in [4.69, 9.17) is 5.73 Å². The average Bonchev–Trinajstić information content (AvgIpc) is 2.49. The summed E-state index contributed by atoms with van der Waals surface area (Å²) in [5.74, 6) is 0.775. The highest BCUT2D eigenvalue weighted by Gasteiger charge is 2.39. The van der Waals surface area contributed by atoms with Crippen molar-refractivity contribution in [1.29, 1.82) is 0 Å². The molecule has 1 saturated heterocycles. The highest BCUT2D eigenvalue weighted by Crippen LogP contribution is 2.33. The summed E-state index contributed by atoms with van der Waals surface area (Å²) in [6.07, 6.45) is 4.85. The molecule has 1 aliphatic rings. The van der Waals surface area contributed by atoms with Crippen LogP contribution in [0.15, 0.2) is 30.3 Å². The predicted molar refractivity (Wildman–Crippen MR) is 86.8 cm³/mol. The summed E-state index contributed by atoms with van der Waals surface area (Å²) in [7, 11) is 0. The van der Waals surface area contributed by atoms with E-state index in [0.717, 1.165) is 25.3 Å². The third-order valence-corrected chi connectivity index (χ3v) is 5.40. The second-order valence-electron chi connectivity index (χ2n) is 6.50. The van der Waals surface area contributed by atoms with Gasteiger partial charge in [-0.2, -0.15) is 0 Å². The monoisotopic (exact) mass is 274 g/mol. The molecule has 0 spiro atoms. The number of likely N-dealkylation sites (tertiary alicyclic amines) is 1. The van der Waals surface area contributed by atoms with Crippen molar-refractivity contribution in [2.75, 3.05) is 13.1 Å². The zero-order valence-corrected chi connectivity index (χ0v) is 13.3. The van der Waals surface area contributed by atoms with Crippen LogP contribution in [0.4, 0.5) is 0 Å². The van der Waals surface area contributed by atoms with E-state index >= 15 is 0 Å². The molecule has 1 aliphatic heterocycles. The SMILES string of the molecule is CCC(CN)(Cc1ccccc1)N1CCCC(C)C1C. The van der Waals surface area contributed by atoms with Crippen LogP contribution in [0.5, 0.6) is 0 Å². The highest BCUT2D eigenvalue weighted by atomic mass is 15.2. The second kappa shape index (κ2) is 6.73. The maximum absolute atomic E-state index is 6.26. The Hall–Kier alpha value is -0.860. The molecular formula is C18H30N2. The minimum Gasteiger partial charge on any atom is -0.329 e. The lowest BCUT2D eigenvalue weighted by Crippen LogP contribution is -2.61. The van der Waals surface area contributed by atoms with E-state index in [1.165, 1.54) is 24.9 Å². The maximum atomic E-state index is 6.26. The quantitative estimate of drug-likeness (QED) is 0.891. The van der Waals surface area contributed by atoms with Crippen LogP contribution >= 0.6 is 0 Å². The molecular weight excluding hydrogens is 244 g/mol. The van der Waals surface area contributed by atoms with E-state index in [0.29, 0.717) is 6.04 Å². The van der Waals surface area contributed by atoms with E-state index in [2.05, 4.69) is 56.0 Å². The molecule has 3 atom stereocenters. The topological polar surface area (TPSA) is 29.3 Å². The third kappa shape index (κ3) is 3.07. The number of hydrogen-bond acceptors (Lipinski definition) is 2. The van der Waals surface area contributed by atoms with Gasteiger partial charge in [-0.1, -0.05) is 44.2 Å². The Morgan fingerprint density at radius 2 is 1.95 bits per heavy atom. The molecule has 2 heteroatoms. The van der Waals surface area contributed by atoms with E-state index in [1.54, 1.807) is 0 Å². The van der Waals surface area contributed by atoms with Crippen molar-refractivity contribution in [3.63, 3.8) is 0 Å². The molecule has 2 rings (SSSR count). The fraction of sp³-hybridized carbons (Fsp3) is 0.667. The third-order valence-electron chi connectivity index (χ3n) is 5.40. The van der Waals surface area contributed by atoms with Crippen LogP contribution in [0.1, 0.15) is 45.6 Å². The summed E-state index contributed by atoms with van der Waals surface area (Å²) in [5, 5.41) is 0. The largest absolute Gasteiger partial charge is 0.329 e. The van der Waals surface area contributed by atoms with Crippen molar-refractivity contribution in [2.45, 2.75) is 58.0 Å². The number of nitrogens with zero attached hydrogens (tertiary/aromatic N) is 1. The number of piperidine rings is 1. The molecule has 0 saturated carbocycles. The van der Waals surface area contributed by atoms with E-state index in [9.17, 15) is 0 Å². The minimum atomic E-state index is 0.120.